The molecule has 1 aliphatic heterocycles. The van der Waals surface area contributed by atoms with E-state index < -0.39 is 0 Å². The molecule has 1 saturated heterocycles. The maximum Gasteiger partial charge on any atom is 0.244 e. The number of carbonyl (C=O) groups is 1. The minimum absolute atomic E-state index is 0.0304. The maximum absolute atomic E-state index is 10.9. The van der Waals surface area contributed by atoms with Crippen LogP contribution < -0.4 is 16.6 Å². The topological polar surface area (TPSA) is 67.2 Å². The van der Waals surface area contributed by atoms with E-state index in [2.05, 4.69) is 10.9 Å². The first-order valence-electron chi connectivity index (χ1n) is 4.23. The molecule has 1 heterocycles. The van der Waals surface area contributed by atoms with Crippen LogP contribution in [0.3, 0.4) is 0 Å². The van der Waals surface area contributed by atoms with E-state index in [4.69, 9.17) is 5.73 Å². The first-order chi connectivity index (χ1) is 5.72. The summed E-state index contributed by atoms with van der Waals surface area (Å²) in [5.41, 5.74) is 12.1. The van der Waals surface area contributed by atoms with Crippen molar-refractivity contribution < 1.29 is 4.79 Å². The molecule has 66 valence electrons. The Morgan fingerprint density at radius 3 is 2.92 bits per heavy atom. The van der Waals surface area contributed by atoms with Crippen molar-refractivity contribution in [3.8, 4) is 0 Å². The SMILES string of the molecule is NC(=O)C1=CC2(CCC1)CNN2. The van der Waals surface area contributed by atoms with Crippen molar-refractivity contribution in [2.45, 2.75) is 24.8 Å². The van der Waals surface area contributed by atoms with Gasteiger partial charge in [0.2, 0.25) is 5.91 Å². The van der Waals surface area contributed by atoms with Gasteiger partial charge < -0.3 is 5.73 Å². The van der Waals surface area contributed by atoms with Crippen molar-refractivity contribution in [1.29, 1.82) is 0 Å². The number of carbonyl (C=O) groups excluding carboxylic acids is 1. The van der Waals surface area contributed by atoms with Crippen LogP contribution in [0.25, 0.3) is 0 Å². The fraction of sp³-hybridized carbons (Fsp3) is 0.625. The highest BCUT2D eigenvalue weighted by molar-refractivity contribution is 5.92. The van der Waals surface area contributed by atoms with E-state index in [9.17, 15) is 4.79 Å². The Kier molecular flexibility index (Phi) is 1.66. The number of amides is 1. The fourth-order valence-electron chi connectivity index (χ4n) is 1.82. The Morgan fingerprint density at radius 2 is 2.42 bits per heavy atom. The van der Waals surface area contributed by atoms with Gasteiger partial charge in [-0.25, -0.2) is 5.43 Å². The van der Waals surface area contributed by atoms with E-state index in [0.29, 0.717) is 0 Å². The highest BCUT2D eigenvalue weighted by atomic mass is 16.1. The first kappa shape index (κ1) is 7.76. The molecule has 0 radical (unpaired) electrons. The van der Waals surface area contributed by atoms with E-state index in [1.54, 1.807) is 0 Å². The Bertz CT molecular complexity index is 243. The minimum atomic E-state index is -0.275. The number of hydrazine groups is 1. The molecule has 1 spiro atoms. The molecule has 4 N–H and O–H groups in total. The monoisotopic (exact) mass is 167 g/mol. The van der Waals surface area contributed by atoms with Gasteiger partial charge in [-0.05, 0) is 19.3 Å². The number of hydrogen-bond acceptors (Lipinski definition) is 3. The van der Waals surface area contributed by atoms with Crippen LogP contribution in [0.1, 0.15) is 19.3 Å². The quantitative estimate of drug-likeness (QED) is 0.490. The van der Waals surface area contributed by atoms with E-state index in [-0.39, 0.29) is 11.4 Å². The lowest BCUT2D eigenvalue weighted by Crippen LogP contribution is -2.69. The molecule has 4 nitrogen and oxygen atoms in total. The highest BCUT2D eigenvalue weighted by Gasteiger charge is 2.37. The number of nitrogens with two attached hydrogens (primary N) is 1. The van der Waals surface area contributed by atoms with Crippen LogP contribution in [0.4, 0.5) is 0 Å². The van der Waals surface area contributed by atoms with Gasteiger partial charge in [0, 0.05) is 12.1 Å². The largest absolute Gasteiger partial charge is 0.366 e. The number of primary amides is 1. The summed E-state index contributed by atoms with van der Waals surface area (Å²) in [4.78, 5) is 10.9. The first-order valence-corrected chi connectivity index (χ1v) is 4.23. The summed E-state index contributed by atoms with van der Waals surface area (Å²) >= 11 is 0. The van der Waals surface area contributed by atoms with Crippen LogP contribution in [-0.2, 0) is 4.79 Å². The van der Waals surface area contributed by atoms with Crippen molar-refractivity contribution >= 4 is 5.91 Å². The molecule has 0 bridgehead atoms. The van der Waals surface area contributed by atoms with Crippen LogP contribution in [0.2, 0.25) is 0 Å². The summed E-state index contributed by atoms with van der Waals surface area (Å²) in [7, 11) is 0. The van der Waals surface area contributed by atoms with Gasteiger partial charge in [0.15, 0.2) is 0 Å². The van der Waals surface area contributed by atoms with Gasteiger partial charge in [-0.3, -0.25) is 10.2 Å². The van der Waals surface area contributed by atoms with Crippen LogP contribution in [0.5, 0.6) is 0 Å². The third kappa shape index (κ3) is 1.13. The molecule has 2 rings (SSSR count). The summed E-state index contributed by atoms with van der Waals surface area (Å²) in [6.07, 6.45) is 4.95. The van der Waals surface area contributed by atoms with E-state index in [0.717, 1.165) is 31.4 Å². The summed E-state index contributed by atoms with van der Waals surface area (Å²) in [6.45, 7) is 0.907. The van der Waals surface area contributed by atoms with Gasteiger partial charge in [-0.2, -0.15) is 0 Å². The number of rotatable bonds is 1. The van der Waals surface area contributed by atoms with E-state index in [1.165, 1.54) is 0 Å². The smallest absolute Gasteiger partial charge is 0.244 e. The van der Waals surface area contributed by atoms with Crippen molar-refractivity contribution in [2.75, 3.05) is 6.54 Å². The zero-order chi connectivity index (χ0) is 8.60. The minimum Gasteiger partial charge on any atom is -0.366 e. The second kappa shape index (κ2) is 2.57. The Morgan fingerprint density at radius 1 is 1.67 bits per heavy atom. The normalized spacial score (nSPS) is 34.2. The van der Waals surface area contributed by atoms with Crippen LogP contribution in [0, 0.1) is 0 Å². The molecule has 0 saturated carbocycles. The molecular formula is C8H13N3O. The van der Waals surface area contributed by atoms with Crippen molar-refractivity contribution in [3.63, 3.8) is 0 Å². The average molecular weight is 167 g/mol. The molecule has 12 heavy (non-hydrogen) atoms. The second-order valence-electron chi connectivity index (χ2n) is 3.52. The number of hydrogen-bond donors (Lipinski definition) is 3. The molecule has 1 atom stereocenters. The standard InChI is InChI=1S/C8H13N3O/c9-7(12)6-2-1-3-8(4-6)5-10-11-8/h4,10-11H,1-3,5H2,(H2,9,12). The van der Waals surface area contributed by atoms with Gasteiger partial charge in [0.25, 0.3) is 0 Å². The molecule has 0 aromatic carbocycles. The summed E-state index contributed by atoms with van der Waals surface area (Å²) < 4.78 is 0. The molecule has 0 aromatic heterocycles. The molecule has 1 aliphatic carbocycles. The van der Waals surface area contributed by atoms with Crippen molar-refractivity contribution in [3.05, 3.63) is 11.6 Å². The lowest BCUT2D eigenvalue weighted by atomic mass is 9.82. The molecule has 1 amide bonds. The Hall–Kier alpha value is -0.870. The molecular weight excluding hydrogens is 154 g/mol. The maximum atomic E-state index is 10.9. The van der Waals surface area contributed by atoms with Gasteiger partial charge in [-0.15, -0.1) is 0 Å². The van der Waals surface area contributed by atoms with E-state index in [1.807, 2.05) is 6.08 Å². The lowest BCUT2D eigenvalue weighted by Gasteiger charge is -2.44. The van der Waals surface area contributed by atoms with Crippen molar-refractivity contribution in [2.24, 2.45) is 5.73 Å². The van der Waals surface area contributed by atoms with Crippen LogP contribution in [-0.4, -0.2) is 18.0 Å². The summed E-state index contributed by atoms with van der Waals surface area (Å²) in [5.74, 6) is -0.275. The Labute approximate surface area is 71.2 Å². The fourth-order valence-corrected chi connectivity index (χ4v) is 1.82. The van der Waals surface area contributed by atoms with Gasteiger partial charge in [-0.1, -0.05) is 6.08 Å². The van der Waals surface area contributed by atoms with Gasteiger partial charge >= 0.3 is 0 Å². The Balaban J connectivity index is 2.18. The molecule has 2 aliphatic rings. The zero-order valence-electron chi connectivity index (χ0n) is 6.89. The molecule has 4 heteroatoms. The summed E-state index contributed by atoms with van der Waals surface area (Å²) in [6, 6.07) is 0. The summed E-state index contributed by atoms with van der Waals surface area (Å²) in [5, 5.41) is 0. The van der Waals surface area contributed by atoms with Gasteiger partial charge in [0.05, 0.1) is 5.54 Å². The van der Waals surface area contributed by atoms with Crippen LogP contribution in [0.15, 0.2) is 11.6 Å². The predicted molar refractivity (Wildman–Crippen MR) is 45.0 cm³/mol. The molecule has 1 unspecified atom stereocenters. The predicted octanol–water partition coefficient (Wildman–Crippen LogP) is -0.571. The third-order valence-corrected chi connectivity index (χ3v) is 2.58. The molecule has 1 fully saturated rings. The molecule has 0 aromatic rings. The van der Waals surface area contributed by atoms with Gasteiger partial charge in [0.1, 0.15) is 0 Å². The van der Waals surface area contributed by atoms with Crippen LogP contribution >= 0.6 is 0 Å². The van der Waals surface area contributed by atoms with Crippen molar-refractivity contribution in [1.82, 2.24) is 10.9 Å². The number of nitrogens with one attached hydrogen (secondary N) is 2. The lowest BCUT2D eigenvalue weighted by molar-refractivity contribution is -0.114. The third-order valence-electron chi connectivity index (χ3n) is 2.58. The zero-order valence-corrected chi connectivity index (χ0v) is 6.89. The second-order valence-corrected chi connectivity index (χ2v) is 3.52. The average Bonchev–Trinajstić information content (AvgIpc) is 2.02. The van der Waals surface area contributed by atoms with E-state index >= 15 is 0 Å². The highest BCUT2D eigenvalue weighted by Crippen LogP contribution is 2.28.